The van der Waals surface area contributed by atoms with Crippen LogP contribution in [0.4, 0.5) is 0 Å². The summed E-state index contributed by atoms with van der Waals surface area (Å²) in [4.78, 5) is 11.3. The molecule has 0 spiro atoms. The molecule has 0 aromatic heterocycles. The molecule has 136 valence electrons. The zero-order chi connectivity index (χ0) is 17.5. The minimum absolute atomic E-state index is 0.122. The van der Waals surface area contributed by atoms with E-state index < -0.39 is 0 Å². The highest BCUT2D eigenvalue weighted by Gasteiger charge is 2.05. The lowest BCUT2D eigenvalue weighted by Gasteiger charge is -2.09. The minimum atomic E-state index is -0.122. The molecule has 0 saturated heterocycles. The Labute approximate surface area is 149 Å². The van der Waals surface area contributed by atoms with Crippen LogP contribution < -0.4 is 0 Å². The van der Waals surface area contributed by atoms with Crippen molar-refractivity contribution >= 4 is 5.97 Å². The van der Waals surface area contributed by atoms with Gasteiger partial charge in [-0.15, -0.1) is 0 Å². The van der Waals surface area contributed by atoms with Gasteiger partial charge in [-0.3, -0.25) is 4.79 Å². The number of aryl methyl sites for hydroxylation is 2. The SMILES string of the molecule is CCCCCCCCCCCCc1ccccc1CCC(=O)OC. The second-order valence-corrected chi connectivity index (χ2v) is 6.78. The van der Waals surface area contributed by atoms with E-state index >= 15 is 0 Å². The Morgan fingerprint density at radius 2 is 1.29 bits per heavy atom. The highest BCUT2D eigenvalue weighted by molar-refractivity contribution is 5.69. The number of benzene rings is 1. The summed E-state index contributed by atoms with van der Waals surface area (Å²) in [6.45, 7) is 2.27. The fourth-order valence-corrected chi connectivity index (χ4v) is 3.19. The minimum Gasteiger partial charge on any atom is -0.469 e. The summed E-state index contributed by atoms with van der Waals surface area (Å²) in [5.41, 5.74) is 2.71. The van der Waals surface area contributed by atoms with Gasteiger partial charge < -0.3 is 4.74 Å². The molecule has 0 fully saturated rings. The third kappa shape index (κ3) is 9.75. The monoisotopic (exact) mass is 332 g/mol. The summed E-state index contributed by atoms with van der Waals surface area (Å²) in [5.74, 6) is -0.122. The predicted molar refractivity (Wildman–Crippen MR) is 102 cm³/mol. The van der Waals surface area contributed by atoms with Gasteiger partial charge in [-0.2, -0.15) is 0 Å². The van der Waals surface area contributed by atoms with Gasteiger partial charge in [0.1, 0.15) is 0 Å². The molecule has 1 aromatic carbocycles. The van der Waals surface area contributed by atoms with E-state index in [1.807, 2.05) is 0 Å². The van der Waals surface area contributed by atoms with Crippen molar-refractivity contribution in [2.45, 2.75) is 90.4 Å². The first-order valence-electron chi connectivity index (χ1n) is 9.91. The van der Waals surface area contributed by atoms with E-state index in [0.717, 1.165) is 12.8 Å². The maximum absolute atomic E-state index is 11.3. The van der Waals surface area contributed by atoms with E-state index in [1.165, 1.54) is 82.4 Å². The smallest absolute Gasteiger partial charge is 0.305 e. The van der Waals surface area contributed by atoms with Crippen LogP contribution in [0.2, 0.25) is 0 Å². The number of ether oxygens (including phenoxy) is 1. The number of carbonyl (C=O) groups is 1. The molecule has 0 bridgehead atoms. The largest absolute Gasteiger partial charge is 0.469 e. The molecule has 24 heavy (non-hydrogen) atoms. The average molecular weight is 333 g/mol. The van der Waals surface area contributed by atoms with E-state index in [4.69, 9.17) is 4.74 Å². The van der Waals surface area contributed by atoms with Gasteiger partial charge in [0.05, 0.1) is 7.11 Å². The molecule has 0 amide bonds. The van der Waals surface area contributed by atoms with Crippen LogP contribution in [0.3, 0.4) is 0 Å². The molecule has 1 aromatic rings. The number of methoxy groups -OCH3 is 1. The van der Waals surface area contributed by atoms with Gasteiger partial charge in [0.2, 0.25) is 0 Å². The third-order valence-corrected chi connectivity index (χ3v) is 4.74. The lowest BCUT2D eigenvalue weighted by atomic mass is 9.97. The summed E-state index contributed by atoms with van der Waals surface area (Å²) in [7, 11) is 1.46. The number of carbonyl (C=O) groups excluding carboxylic acids is 1. The Morgan fingerprint density at radius 3 is 1.83 bits per heavy atom. The Balaban J connectivity index is 2.13. The van der Waals surface area contributed by atoms with Crippen LogP contribution in [-0.2, 0) is 22.4 Å². The van der Waals surface area contributed by atoms with E-state index in [1.54, 1.807) is 0 Å². The van der Waals surface area contributed by atoms with Crippen LogP contribution in [-0.4, -0.2) is 13.1 Å². The van der Waals surface area contributed by atoms with Crippen molar-refractivity contribution in [3.05, 3.63) is 35.4 Å². The maximum Gasteiger partial charge on any atom is 0.305 e. The van der Waals surface area contributed by atoms with Gasteiger partial charge in [0, 0.05) is 6.42 Å². The maximum atomic E-state index is 11.3. The Morgan fingerprint density at radius 1 is 0.792 bits per heavy atom. The van der Waals surface area contributed by atoms with Gasteiger partial charge >= 0.3 is 5.97 Å². The van der Waals surface area contributed by atoms with Crippen LogP contribution in [0.15, 0.2) is 24.3 Å². The van der Waals surface area contributed by atoms with Crippen LogP contribution in [0.1, 0.15) is 88.7 Å². The first kappa shape index (κ1) is 20.7. The Hall–Kier alpha value is -1.31. The van der Waals surface area contributed by atoms with E-state index in [-0.39, 0.29) is 5.97 Å². The van der Waals surface area contributed by atoms with Crippen molar-refractivity contribution in [1.82, 2.24) is 0 Å². The number of hydrogen-bond acceptors (Lipinski definition) is 2. The third-order valence-electron chi connectivity index (χ3n) is 4.74. The number of rotatable bonds is 14. The average Bonchev–Trinajstić information content (AvgIpc) is 2.62. The Bertz CT molecular complexity index is 439. The van der Waals surface area contributed by atoms with Crippen LogP contribution in [0.5, 0.6) is 0 Å². The van der Waals surface area contributed by atoms with Gasteiger partial charge in [0.25, 0.3) is 0 Å². The number of hydrogen-bond donors (Lipinski definition) is 0. The Kier molecular flexibility index (Phi) is 12.2. The van der Waals surface area contributed by atoms with Crippen molar-refractivity contribution in [3.8, 4) is 0 Å². The molecule has 0 aliphatic heterocycles. The molecule has 2 heteroatoms. The number of esters is 1. The molecule has 0 N–H and O–H groups in total. The normalized spacial score (nSPS) is 10.8. The lowest BCUT2D eigenvalue weighted by molar-refractivity contribution is -0.140. The zero-order valence-corrected chi connectivity index (χ0v) is 15.8. The van der Waals surface area contributed by atoms with Crippen LogP contribution in [0, 0.1) is 0 Å². The van der Waals surface area contributed by atoms with Crippen LogP contribution in [0.25, 0.3) is 0 Å². The van der Waals surface area contributed by atoms with Crippen molar-refractivity contribution in [2.75, 3.05) is 7.11 Å². The summed E-state index contributed by atoms with van der Waals surface area (Å²) in [5, 5.41) is 0. The van der Waals surface area contributed by atoms with Crippen LogP contribution >= 0.6 is 0 Å². The first-order chi connectivity index (χ1) is 11.8. The quantitative estimate of drug-likeness (QED) is 0.297. The zero-order valence-electron chi connectivity index (χ0n) is 15.8. The van der Waals surface area contributed by atoms with Gasteiger partial charge in [-0.25, -0.2) is 0 Å². The molecule has 1 rings (SSSR count). The lowest BCUT2D eigenvalue weighted by Crippen LogP contribution is -2.03. The van der Waals surface area contributed by atoms with E-state index in [9.17, 15) is 4.79 Å². The molecule has 0 radical (unpaired) electrons. The first-order valence-corrected chi connectivity index (χ1v) is 9.91. The van der Waals surface area contributed by atoms with Crippen molar-refractivity contribution in [3.63, 3.8) is 0 Å². The fraction of sp³-hybridized carbons (Fsp3) is 0.682. The predicted octanol–water partition coefficient (Wildman–Crippen LogP) is 6.26. The van der Waals surface area contributed by atoms with Gasteiger partial charge in [-0.1, -0.05) is 89.0 Å². The summed E-state index contributed by atoms with van der Waals surface area (Å²) in [6, 6.07) is 8.52. The molecule has 0 unspecified atom stereocenters. The standard InChI is InChI=1S/C22H36O2/c1-3-4-5-6-7-8-9-10-11-12-15-20-16-13-14-17-21(20)18-19-22(23)24-2/h13-14,16-17H,3-12,15,18-19H2,1-2H3. The summed E-state index contributed by atoms with van der Waals surface area (Å²) < 4.78 is 4.74. The van der Waals surface area contributed by atoms with Crippen molar-refractivity contribution in [2.24, 2.45) is 0 Å². The van der Waals surface area contributed by atoms with Crippen molar-refractivity contribution < 1.29 is 9.53 Å². The number of unbranched alkanes of at least 4 members (excludes halogenated alkanes) is 9. The molecular weight excluding hydrogens is 296 g/mol. The molecule has 0 heterocycles. The molecule has 0 saturated carbocycles. The molecular formula is C22H36O2. The molecule has 2 nitrogen and oxygen atoms in total. The highest BCUT2D eigenvalue weighted by Crippen LogP contribution is 2.16. The summed E-state index contributed by atoms with van der Waals surface area (Å²) in [6.07, 6.45) is 16.1. The molecule has 0 aliphatic rings. The van der Waals surface area contributed by atoms with Crippen molar-refractivity contribution in [1.29, 1.82) is 0 Å². The van der Waals surface area contributed by atoms with E-state index in [2.05, 4.69) is 31.2 Å². The molecule has 0 aliphatic carbocycles. The topological polar surface area (TPSA) is 26.3 Å². The summed E-state index contributed by atoms with van der Waals surface area (Å²) >= 11 is 0. The molecule has 0 atom stereocenters. The van der Waals surface area contributed by atoms with Gasteiger partial charge in [-0.05, 0) is 30.4 Å². The fourth-order valence-electron chi connectivity index (χ4n) is 3.19. The highest BCUT2D eigenvalue weighted by atomic mass is 16.5. The second kappa shape index (κ2) is 14.1. The second-order valence-electron chi connectivity index (χ2n) is 6.78. The van der Waals surface area contributed by atoms with E-state index in [0.29, 0.717) is 6.42 Å². The van der Waals surface area contributed by atoms with Gasteiger partial charge in [0.15, 0.2) is 0 Å².